The minimum absolute atomic E-state index is 0.0685. The van der Waals surface area contributed by atoms with Gasteiger partial charge in [0.1, 0.15) is 5.52 Å². The van der Waals surface area contributed by atoms with E-state index in [1.54, 1.807) is 48.7 Å². The number of aromatic nitrogens is 2. The molecule has 1 amide bonds. The Morgan fingerprint density at radius 1 is 1.08 bits per heavy atom. The zero-order valence-electron chi connectivity index (χ0n) is 21.7. The van der Waals surface area contributed by atoms with E-state index in [0.29, 0.717) is 33.5 Å². The minimum Gasteiger partial charge on any atom is -0.477 e. The summed E-state index contributed by atoms with van der Waals surface area (Å²) in [5, 5.41) is 3.16. The Morgan fingerprint density at radius 2 is 1.79 bits per heavy atom. The monoisotopic (exact) mass is 534 g/mol. The molecular formula is C28H30N4O5S. The van der Waals surface area contributed by atoms with Gasteiger partial charge in [-0.1, -0.05) is 32.9 Å². The van der Waals surface area contributed by atoms with E-state index in [0.717, 1.165) is 16.6 Å². The lowest BCUT2D eigenvalue weighted by Gasteiger charge is -2.31. The summed E-state index contributed by atoms with van der Waals surface area (Å²) >= 11 is 0. The molecule has 1 aliphatic rings. The molecule has 0 fully saturated rings. The second-order valence-corrected chi connectivity index (χ2v) is 11.7. The Labute approximate surface area is 220 Å². The summed E-state index contributed by atoms with van der Waals surface area (Å²) in [7, 11) is -2.73. The molecule has 38 heavy (non-hydrogen) atoms. The van der Waals surface area contributed by atoms with E-state index in [9.17, 15) is 18.0 Å². The second kappa shape index (κ2) is 9.45. The number of pyridine rings is 1. The van der Waals surface area contributed by atoms with Gasteiger partial charge in [0, 0.05) is 36.3 Å². The Hall–Kier alpha value is -3.89. The number of amides is 1. The topological polar surface area (TPSA) is 136 Å². The van der Waals surface area contributed by atoms with E-state index in [1.165, 1.54) is 7.05 Å². The van der Waals surface area contributed by atoms with Crippen LogP contribution in [0.3, 0.4) is 0 Å². The maximum Gasteiger partial charge on any atom is 0.275 e. The van der Waals surface area contributed by atoms with Gasteiger partial charge in [-0.2, -0.15) is 0 Å². The number of ether oxygens (including phenoxy) is 1. The summed E-state index contributed by atoms with van der Waals surface area (Å²) < 4.78 is 35.8. The number of aromatic amines is 1. The van der Waals surface area contributed by atoms with Gasteiger partial charge >= 0.3 is 0 Å². The molecule has 5 rings (SSSR count). The maximum absolute atomic E-state index is 14.2. The fourth-order valence-electron chi connectivity index (χ4n) is 4.92. The van der Waals surface area contributed by atoms with Crippen molar-refractivity contribution < 1.29 is 17.9 Å². The van der Waals surface area contributed by atoms with Crippen LogP contribution in [-0.4, -0.2) is 30.0 Å². The van der Waals surface area contributed by atoms with E-state index >= 15 is 0 Å². The summed E-state index contributed by atoms with van der Waals surface area (Å²) in [5.41, 5.74) is 8.57. The van der Waals surface area contributed by atoms with Crippen molar-refractivity contribution in [2.24, 2.45) is 18.7 Å². The van der Waals surface area contributed by atoms with Gasteiger partial charge in [0.25, 0.3) is 11.5 Å². The highest BCUT2D eigenvalue weighted by molar-refractivity contribution is 7.91. The number of H-pyrrole nitrogens is 1. The van der Waals surface area contributed by atoms with Crippen LogP contribution in [-0.2, 0) is 34.6 Å². The SMILES string of the molecule is CCc1ccc(S(=O)(=O)c2c(-c3cc(CN)cc4c3OC(C(C)C)C(=O)N4)c3cc[nH]c3c(=O)n2C)cc1. The summed E-state index contributed by atoms with van der Waals surface area (Å²) in [4.78, 5) is 29.1. The van der Waals surface area contributed by atoms with Crippen LogP contribution in [0.25, 0.3) is 22.0 Å². The van der Waals surface area contributed by atoms with Gasteiger partial charge in [-0.3, -0.25) is 14.2 Å². The van der Waals surface area contributed by atoms with Gasteiger partial charge in [0.2, 0.25) is 9.84 Å². The molecule has 4 N–H and O–H groups in total. The molecule has 0 radical (unpaired) electrons. The van der Waals surface area contributed by atoms with Gasteiger partial charge in [0.05, 0.1) is 10.6 Å². The molecule has 0 spiro atoms. The lowest BCUT2D eigenvalue weighted by atomic mass is 9.96. The minimum atomic E-state index is -4.18. The molecule has 198 valence electrons. The normalized spacial score (nSPS) is 15.4. The van der Waals surface area contributed by atoms with Crippen LogP contribution in [0.5, 0.6) is 5.75 Å². The molecule has 1 aliphatic heterocycles. The summed E-state index contributed by atoms with van der Waals surface area (Å²) in [6.45, 7) is 5.87. The molecule has 2 aromatic carbocycles. The summed E-state index contributed by atoms with van der Waals surface area (Å²) in [6.07, 6.45) is 1.58. The highest BCUT2D eigenvalue weighted by Gasteiger charge is 2.36. The number of aryl methyl sites for hydroxylation is 1. The van der Waals surface area contributed by atoms with Crippen LogP contribution in [0.1, 0.15) is 31.9 Å². The van der Waals surface area contributed by atoms with Crippen molar-refractivity contribution >= 4 is 32.3 Å². The number of anilines is 1. The third-order valence-corrected chi connectivity index (χ3v) is 8.85. The third kappa shape index (κ3) is 4.00. The fraction of sp³-hybridized carbons (Fsp3) is 0.286. The Bertz CT molecular complexity index is 1730. The van der Waals surface area contributed by atoms with Crippen molar-refractivity contribution in [1.82, 2.24) is 9.55 Å². The van der Waals surface area contributed by atoms with Crippen LogP contribution in [0.15, 0.2) is 63.4 Å². The first kappa shape index (κ1) is 25.7. The van der Waals surface area contributed by atoms with E-state index < -0.39 is 21.5 Å². The number of sulfone groups is 1. The first-order chi connectivity index (χ1) is 18.1. The quantitative estimate of drug-likeness (QED) is 0.345. The average Bonchev–Trinajstić information content (AvgIpc) is 3.39. The van der Waals surface area contributed by atoms with Crippen molar-refractivity contribution in [3.05, 3.63) is 70.1 Å². The molecule has 1 unspecified atom stereocenters. The smallest absolute Gasteiger partial charge is 0.275 e. The fourth-order valence-corrected chi connectivity index (χ4v) is 6.57. The van der Waals surface area contributed by atoms with Gasteiger partial charge < -0.3 is 20.8 Å². The molecular weight excluding hydrogens is 504 g/mol. The van der Waals surface area contributed by atoms with E-state index in [2.05, 4.69) is 10.3 Å². The molecule has 3 heterocycles. The van der Waals surface area contributed by atoms with Crippen molar-refractivity contribution in [2.45, 2.75) is 49.8 Å². The third-order valence-electron chi connectivity index (χ3n) is 6.97. The summed E-state index contributed by atoms with van der Waals surface area (Å²) in [6, 6.07) is 11.8. The zero-order chi connectivity index (χ0) is 27.4. The first-order valence-corrected chi connectivity index (χ1v) is 14.0. The van der Waals surface area contributed by atoms with Crippen molar-refractivity contribution in [2.75, 3.05) is 5.32 Å². The van der Waals surface area contributed by atoms with Gasteiger partial charge in [-0.15, -0.1) is 0 Å². The number of fused-ring (bicyclic) bond motifs is 2. The number of hydrogen-bond acceptors (Lipinski definition) is 6. The van der Waals surface area contributed by atoms with Crippen molar-refractivity contribution in [1.29, 1.82) is 0 Å². The first-order valence-electron chi connectivity index (χ1n) is 12.5. The Balaban J connectivity index is 1.89. The molecule has 2 aromatic heterocycles. The molecule has 0 saturated carbocycles. The number of hydrogen-bond donors (Lipinski definition) is 3. The predicted octanol–water partition coefficient (Wildman–Crippen LogP) is 3.74. The zero-order valence-corrected chi connectivity index (χ0v) is 22.5. The predicted molar refractivity (Wildman–Crippen MR) is 146 cm³/mol. The molecule has 10 heteroatoms. The second-order valence-electron chi connectivity index (χ2n) is 9.81. The van der Waals surface area contributed by atoms with E-state index in [4.69, 9.17) is 10.5 Å². The molecule has 0 bridgehead atoms. The maximum atomic E-state index is 14.2. The number of nitrogens with zero attached hydrogens (tertiary/aromatic N) is 1. The lowest BCUT2D eigenvalue weighted by Crippen LogP contribution is -2.41. The van der Waals surface area contributed by atoms with Gasteiger partial charge in [-0.05, 0) is 53.8 Å². The number of rotatable bonds is 6. The van der Waals surface area contributed by atoms with Crippen molar-refractivity contribution in [3.8, 4) is 16.9 Å². The molecule has 9 nitrogen and oxygen atoms in total. The molecule has 1 atom stereocenters. The van der Waals surface area contributed by atoms with Crippen LogP contribution >= 0.6 is 0 Å². The number of nitrogens with two attached hydrogens (primary N) is 1. The average molecular weight is 535 g/mol. The molecule has 0 saturated heterocycles. The highest BCUT2D eigenvalue weighted by Crippen LogP contribution is 2.46. The van der Waals surface area contributed by atoms with E-state index in [-0.39, 0.29) is 33.8 Å². The molecule has 0 aliphatic carbocycles. The lowest BCUT2D eigenvalue weighted by molar-refractivity contribution is -0.125. The summed E-state index contributed by atoms with van der Waals surface area (Å²) in [5.74, 6) is -0.0963. The Morgan fingerprint density at radius 3 is 2.42 bits per heavy atom. The van der Waals surface area contributed by atoms with Crippen LogP contribution in [0.4, 0.5) is 5.69 Å². The Kier molecular flexibility index (Phi) is 6.40. The highest BCUT2D eigenvalue weighted by atomic mass is 32.2. The number of benzene rings is 2. The van der Waals surface area contributed by atoms with E-state index in [1.807, 2.05) is 20.8 Å². The van der Waals surface area contributed by atoms with Crippen molar-refractivity contribution in [3.63, 3.8) is 0 Å². The van der Waals surface area contributed by atoms with Crippen LogP contribution in [0, 0.1) is 5.92 Å². The standard InChI is InChI=1S/C28H30N4O5S/c1-5-16-6-8-18(9-7-16)38(35,36)28-22(19-10-11-30-23(19)27(34)32(28)4)20-12-17(14-29)13-21-25(20)37-24(15(2)3)26(33)31-21/h6-13,15,24,30H,5,14,29H2,1-4H3,(H,31,33). The number of carbonyl (C=O) groups excluding carboxylic acids is 1. The van der Waals surface area contributed by atoms with Gasteiger partial charge in [0.15, 0.2) is 16.9 Å². The van der Waals surface area contributed by atoms with Crippen LogP contribution in [0.2, 0.25) is 0 Å². The number of nitrogens with one attached hydrogen (secondary N) is 2. The largest absolute Gasteiger partial charge is 0.477 e. The van der Waals surface area contributed by atoms with Gasteiger partial charge in [-0.25, -0.2) is 8.42 Å². The number of carbonyl (C=O) groups is 1. The van der Waals surface area contributed by atoms with Crippen LogP contribution < -0.4 is 21.3 Å². The molecule has 4 aromatic rings.